The minimum absolute atomic E-state index is 0.0330. The monoisotopic (exact) mass is 210 g/mol. The average molecular weight is 210 g/mol. The van der Waals surface area contributed by atoms with Crippen molar-refractivity contribution in [2.24, 2.45) is 0 Å². The van der Waals surface area contributed by atoms with Gasteiger partial charge in [0.15, 0.2) is 0 Å². The molecular weight excluding hydrogens is 190 g/mol. The molecule has 0 saturated carbocycles. The third-order valence-electron chi connectivity index (χ3n) is 3.47. The van der Waals surface area contributed by atoms with E-state index in [1.54, 1.807) is 0 Å². The van der Waals surface area contributed by atoms with Crippen LogP contribution in [-0.4, -0.2) is 24.2 Å². The average Bonchev–Trinajstić information content (AvgIpc) is 2.56. The summed E-state index contributed by atoms with van der Waals surface area (Å²) in [6.07, 6.45) is 8.27. The van der Waals surface area contributed by atoms with Crippen LogP contribution in [0.25, 0.3) is 0 Å². The fourth-order valence-electron chi connectivity index (χ4n) is 2.52. The smallest absolute Gasteiger partial charge is 0.326 e. The van der Waals surface area contributed by atoms with Gasteiger partial charge in [0.05, 0.1) is 6.61 Å². The van der Waals surface area contributed by atoms with E-state index in [2.05, 4.69) is 18.7 Å². The van der Waals surface area contributed by atoms with Crippen molar-refractivity contribution in [1.82, 2.24) is 5.32 Å². The van der Waals surface area contributed by atoms with Crippen LogP contribution in [0.15, 0.2) is 0 Å². The molecule has 2 saturated heterocycles. The number of hydrogen-bond acceptors (Lipinski definition) is 3. The van der Waals surface area contributed by atoms with Crippen LogP contribution in [0.4, 0.5) is 0 Å². The number of rotatable bonds is 4. The van der Waals surface area contributed by atoms with Gasteiger partial charge in [-0.15, -0.1) is 0 Å². The lowest BCUT2D eigenvalue weighted by molar-refractivity contribution is -0.151. The molecule has 2 bridgehead atoms. The minimum atomic E-state index is -0.364. The third-order valence-corrected chi connectivity index (χ3v) is 3.47. The van der Waals surface area contributed by atoms with Crippen LogP contribution in [-0.2, 0) is 9.53 Å². The molecule has 0 amide bonds. The van der Waals surface area contributed by atoms with Gasteiger partial charge < -0.3 is 4.74 Å². The Kier molecular flexibility index (Phi) is 3.29. The maximum Gasteiger partial charge on any atom is 0.326 e. The number of piperidine rings is 1. The molecule has 0 aromatic carbocycles. The van der Waals surface area contributed by atoms with Gasteiger partial charge >= 0.3 is 5.97 Å². The number of hydrogen-bond donors (Lipinski definition) is 1. The number of nitrogens with one attached hydrogen (secondary N) is 1. The van der Waals surface area contributed by atoms with Gasteiger partial charge in [-0.25, -0.2) is 0 Å². The molecular formula is C12H20NO2. The molecule has 2 atom stereocenters. The van der Waals surface area contributed by atoms with E-state index >= 15 is 0 Å². The van der Waals surface area contributed by atoms with Crippen LogP contribution in [0.3, 0.4) is 0 Å². The Balaban J connectivity index is 1.88. The summed E-state index contributed by atoms with van der Waals surface area (Å²) < 4.78 is 5.32. The second-order valence-corrected chi connectivity index (χ2v) is 4.68. The normalized spacial score (nSPS) is 34.1. The standard InChI is InChI=1S/C12H20NO2/c1-2-3-9-15-11(14)12-7-4-5-10(13-12)6-8-12/h4,10,13H,2-3,5-9H2,1H3. The number of esters is 1. The lowest BCUT2D eigenvalue weighted by Crippen LogP contribution is -2.53. The zero-order valence-corrected chi connectivity index (χ0v) is 9.42. The first-order chi connectivity index (χ1) is 7.27. The summed E-state index contributed by atoms with van der Waals surface area (Å²) in [4.78, 5) is 11.9. The maximum absolute atomic E-state index is 11.9. The summed E-state index contributed by atoms with van der Waals surface area (Å²) in [6.45, 7) is 2.67. The van der Waals surface area contributed by atoms with E-state index in [1.807, 2.05) is 0 Å². The van der Waals surface area contributed by atoms with Crippen LogP contribution in [0.1, 0.15) is 45.4 Å². The molecule has 85 valence electrons. The first-order valence-electron chi connectivity index (χ1n) is 6.03. The molecule has 3 heteroatoms. The molecule has 2 heterocycles. The molecule has 2 aliphatic heterocycles. The van der Waals surface area contributed by atoms with Crippen molar-refractivity contribution in [2.45, 2.75) is 57.0 Å². The molecule has 0 aromatic rings. The topological polar surface area (TPSA) is 38.3 Å². The van der Waals surface area contributed by atoms with Crippen molar-refractivity contribution in [1.29, 1.82) is 0 Å². The lowest BCUT2D eigenvalue weighted by atomic mass is 9.91. The molecule has 0 aliphatic carbocycles. The van der Waals surface area contributed by atoms with E-state index in [-0.39, 0.29) is 11.5 Å². The first kappa shape index (κ1) is 10.9. The van der Waals surface area contributed by atoms with Crippen molar-refractivity contribution >= 4 is 5.97 Å². The third kappa shape index (κ3) is 2.17. The van der Waals surface area contributed by atoms with Gasteiger partial charge in [-0.2, -0.15) is 0 Å². The maximum atomic E-state index is 11.9. The van der Waals surface area contributed by atoms with Crippen LogP contribution >= 0.6 is 0 Å². The van der Waals surface area contributed by atoms with Gasteiger partial charge in [0.25, 0.3) is 0 Å². The van der Waals surface area contributed by atoms with E-state index in [0.717, 1.165) is 38.5 Å². The first-order valence-corrected chi connectivity index (χ1v) is 6.03. The molecule has 1 N–H and O–H groups in total. The van der Waals surface area contributed by atoms with Crippen LogP contribution in [0.5, 0.6) is 0 Å². The van der Waals surface area contributed by atoms with Gasteiger partial charge in [0.2, 0.25) is 0 Å². The zero-order valence-electron chi connectivity index (χ0n) is 9.42. The van der Waals surface area contributed by atoms with E-state index in [1.165, 1.54) is 0 Å². The molecule has 1 radical (unpaired) electrons. The summed E-state index contributed by atoms with van der Waals surface area (Å²) in [5.41, 5.74) is -0.364. The number of carbonyl (C=O) groups excluding carboxylic acids is 1. The van der Waals surface area contributed by atoms with Crippen LogP contribution in [0.2, 0.25) is 0 Å². The van der Waals surface area contributed by atoms with Crippen molar-refractivity contribution in [2.75, 3.05) is 6.61 Å². The summed E-state index contributed by atoms with van der Waals surface area (Å²) >= 11 is 0. The van der Waals surface area contributed by atoms with Crippen molar-refractivity contribution in [3.8, 4) is 0 Å². The number of fused-ring (bicyclic) bond motifs is 2. The molecule has 0 aromatic heterocycles. The zero-order chi connectivity index (χ0) is 10.7. The van der Waals surface area contributed by atoms with E-state index in [9.17, 15) is 4.79 Å². The Bertz CT molecular complexity index is 238. The predicted molar refractivity (Wildman–Crippen MR) is 58.3 cm³/mol. The van der Waals surface area contributed by atoms with Gasteiger partial charge in [-0.3, -0.25) is 10.1 Å². The highest BCUT2D eigenvalue weighted by Crippen LogP contribution is 2.35. The Hall–Kier alpha value is -0.570. The highest BCUT2D eigenvalue weighted by Gasteiger charge is 2.48. The Morgan fingerprint density at radius 2 is 2.53 bits per heavy atom. The van der Waals surface area contributed by atoms with E-state index in [0.29, 0.717) is 12.6 Å². The fraction of sp³-hybridized carbons (Fsp3) is 0.833. The quantitative estimate of drug-likeness (QED) is 0.568. The van der Waals surface area contributed by atoms with E-state index in [4.69, 9.17) is 4.74 Å². The van der Waals surface area contributed by atoms with Gasteiger partial charge in [-0.05, 0) is 38.5 Å². The fourth-order valence-corrected chi connectivity index (χ4v) is 2.52. The van der Waals surface area contributed by atoms with E-state index < -0.39 is 0 Å². The Morgan fingerprint density at radius 3 is 3.33 bits per heavy atom. The molecule has 15 heavy (non-hydrogen) atoms. The van der Waals surface area contributed by atoms with Crippen molar-refractivity contribution in [3.63, 3.8) is 0 Å². The van der Waals surface area contributed by atoms with Crippen molar-refractivity contribution in [3.05, 3.63) is 6.42 Å². The highest BCUT2D eigenvalue weighted by molar-refractivity contribution is 5.82. The lowest BCUT2D eigenvalue weighted by Gasteiger charge is -2.32. The Labute approximate surface area is 91.6 Å². The van der Waals surface area contributed by atoms with Crippen LogP contribution in [0, 0.1) is 6.42 Å². The van der Waals surface area contributed by atoms with Gasteiger partial charge in [0.1, 0.15) is 5.54 Å². The number of unbranched alkanes of at least 4 members (excludes halogenated alkanes) is 1. The Morgan fingerprint density at radius 1 is 1.67 bits per heavy atom. The summed E-state index contributed by atoms with van der Waals surface area (Å²) in [6, 6.07) is 0.512. The number of ether oxygens (including phenoxy) is 1. The van der Waals surface area contributed by atoms with Crippen LogP contribution < -0.4 is 5.32 Å². The predicted octanol–water partition coefficient (Wildman–Crippen LogP) is 1.82. The van der Waals surface area contributed by atoms with Crippen molar-refractivity contribution < 1.29 is 9.53 Å². The highest BCUT2D eigenvalue weighted by atomic mass is 16.5. The second-order valence-electron chi connectivity index (χ2n) is 4.68. The SMILES string of the molecule is CCCCOC(=O)C12C[CH]CC(CC1)N2. The summed E-state index contributed by atoms with van der Waals surface area (Å²) in [5.74, 6) is -0.0330. The summed E-state index contributed by atoms with van der Waals surface area (Å²) in [7, 11) is 0. The minimum Gasteiger partial charge on any atom is -0.464 e. The molecule has 2 rings (SSSR count). The largest absolute Gasteiger partial charge is 0.464 e. The van der Waals surface area contributed by atoms with Gasteiger partial charge in [0, 0.05) is 6.04 Å². The van der Waals surface area contributed by atoms with Gasteiger partial charge in [-0.1, -0.05) is 13.3 Å². The number of carbonyl (C=O) groups is 1. The molecule has 2 aliphatic rings. The summed E-state index contributed by atoms with van der Waals surface area (Å²) in [5, 5.41) is 3.42. The molecule has 2 unspecified atom stereocenters. The molecule has 3 nitrogen and oxygen atoms in total. The molecule has 0 spiro atoms. The molecule has 2 fully saturated rings. The second kappa shape index (κ2) is 4.52.